The van der Waals surface area contributed by atoms with Gasteiger partial charge in [-0.05, 0) is 31.2 Å². The van der Waals surface area contributed by atoms with Crippen molar-refractivity contribution in [3.05, 3.63) is 70.2 Å². The van der Waals surface area contributed by atoms with E-state index in [1.165, 1.54) is 5.01 Å². The van der Waals surface area contributed by atoms with Crippen molar-refractivity contribution in [3.8, 4) is 0 Å². The number of rotatable bonds is 2. The third-order valence-electron chi connectivity index (χ3n) is 3.64. The van der Waals surface area contributed by atoms with Gasteiger partial charge in [0.25, 0.3) is 5.91 Å². The van der Waals surface area contributed by atoms with Crippen LogP contribution in [-0.2, 0) is 5.72 Å². The van der Waals surface area contributed by atoms with Crippen LogP contribution in [0.2, 0.25) is 0 Å². The molecule has 1 atom stereocenters. The normalized spacial score (nSPS) is 20.9. The van der Waals surface area contributed by atoms with Gasteiger partial charge in [-0.25, -0.2) is 0 Å². The topological polar surface area (TPSA) is 52.9 Å². The zero-order valence-electron chi connectivity index (χ0n) is 12.0. The molecule has 0 aromatic heterocycles. The molecule has 0 saturated carbocycles. The first kappa shape index (κ1) is 14.9. The van der Waals surface area contributed by atoms with Crippen LogP contribution in [0.25, 0.3) is 0 Å². The van der Waals surface area contributed by atoms with Gasteiger partial charge in [0.15, 0.2) is 5.72 Å². The SMILES string of the molecule is CC1=NN(C(=O)c2ccc(Br)cc2)[C@@](O)(c2ccccc2)C1. The van der Waals surface area contributed by atoms with Crippen LogP contribution in [0, 0.1) is 0 Å². The van der Waals surface area contributed by atoms with Crippen molar-refractivity contribution >= 4 is 27.5 Å². The molecule has 2 aromatic rings. The number of nitrogens with zero attached hydrogens (tertiary/aromatic N) is 2. The maximum Gasteiger partial charge on any atom is 0.276 e. The Labute approximate surface area is 137 Å². The van der Waals surface area contributed by atoms with Gasteiger partial charge in [0.2, 0.25) is 0 Å². The quantitative estimate of drug-likeness (QED) is 0.892. The summed E-state index contributed by atoms with van der Waals surface area (Å²) in [5.74, 6) is -0.323. The van der Waals surface area contributed by atoms with Gasteiger partial charge in [0, 0.05) is 27.7 Å². The fourth-order valence-electron chi connectivity index (χ4n) is 2.58. The molecule has 1 aliphatic rings. The van der Waals surface area contributed by atoms with E-state index in [0.29, 0.717) is 17.5 Å². The number of benzene rings is 2. The second kappa shape index (κ2) is 5.66. The number of aliphatic hydroxyl groups is 1. The molecule has 0 radical (unpaired) electrons. The summed E-state index contributed by atoms with van der Waals surface area (Å²) < 4.78 is 0.892. The number of amides is 1. The first-order valence-electron chi connectivity index (χ1n) is 6.93. The van der Waals surface area contributed by atoms with Crippen molar-refractivity contribution in [3.63, 3.8) is 0 Å². The molecule has 0 aliphatic carbocycles. The largest absolute Gasteiger partial charge is 0.365 e. The van der Waals surface area contributed by atoms with Gasteiger partial charge >= 0.3 is 0 Å². The van der Waals surface area contributed by atoms with E-state index in [0.717, 1.165) is 10.2 Å². The van der Waals surface area contributed by atoms with Crippen LogP contribution in [0.3, 0.4) is 0 Å². The van der Waals surface area contributed by atoms with E-state index in [4.69, 9.17) is 0 Å². The van der Waals surface area contributed by atoms with Crippen molar-refractivity contribution in [1.29, 1.82) is 0 Å². The molecule has 4 nitrogen and oxygen atoms in total. The Kier molecular flexibility index (Phi) is 3.85. The van der Waals surface area contributed by atoms with Crippen LogP contribution in [-0.4, -0.2) is 21.7 Å². The fraction of sp³-hybridized carbons (Fsp3) is 0.176. The molecule has 1 aliphatic heterocycles. The number of carbonyl (C=O) groups is 1. The predicted molar refractivity (Wildman–Crippen MR) is 88.4 cm³/mol. The highest BCUT2D eigenvalue weighted by atomic mass is 79.9. The van der Waals surface area contributed by atoms with Crippen LogP contribution in [0.15, 0.2) is 64.2 Å². The Morgan fingerprint density at radius 2 is 1.82 bits per heavy atom. The summed E-state index contributed by atoms with van der Waals surface area (Å²) in [5.41, 5.74) is 0.420. The first-order valence-corrected chi connectivity index (χ1v) is 7.72. The number of hydrogen-bond donors (Lipinski definition) is 1. The molecule has 1 N–H and O–H groups in total. The highest BCUT2D eigenvalue weighted by Gasteiger charge is 2.44. The van der Waals surface area contributed by atoms with E-state index in [1.54, 1.807) is 36.4 Å². The molecule has 1 heterocycles. The summed E-state index contributed by atoms with van der Waals surface area (Å²) in [7, 11) is 0. The average molecular weight is 359 g/mol. The summed E-state index contributed by atoms with van der Waals surface area (Å²) >= 11 is 3.34. The van der Waals surface area contributed by atoms with Gasteiger partial charge in [-0.2, -0.15) is 10.1 Å². The molecule has 0 saturated heterocycles. The Balaban J connectivity index is 2.00. The lowest BCUT2D eigenvalue weighted by Gasteiger charge is -2.31. The maximum absolute atomic E-state index is 12.7. The average Bonchev–Trinajstić information content (AvgIpc) is 2.84. The lowest BCUT2D eigenvalue weighted by Crippen LogP contribution is -2.43. The zero-order chi connectivity index (χ0) is 15.7. The van der Waals surface area contributed by atoms with Crippen LogP contribution in [0.5, 0.6) is 0 Å². The number of halogens is 1. The third-order valence-corrected chi connectivity index (χ3v) is 4.17. The van der Waals surface area contributed by atoms with Gasteiger partial charge in [0.05, 0.1) is 0 Å². The van der Waals surface area contributed by atoms with Crippen molar-refractivity contribution < 1.29 is 9.90 Å². The van der Waals surface area contributed by atoms with Gasteiger partial charge in [0.1, 0.15) is 0 Å². The molecule has 0 unspecified atom stereocenters. The molecule has 0 spiro atoms. The molecule has 3 rings (SSSR count). The Bertz CT molecular complexity index is 728. The molecular weight excluding hydrogens is 344 g/mol. The van der Waals surface area contributed by atoms with Crippen molar-refractivity contribution in [2.24, 2.45) is 5.10 Å². The van der Waals surface area contributed by atoms with Gasteiger partial charge in [-0.1, -0.05) is 46.3 Å². The molecule has 112 valence electrons. The molecule has 0 fully saturated rings. The van der Waals surface area contributed by atoms with Gasteiger partial charge in [-0.3, -0.25) is 4.79 Å². The Morgan fingerprint density at radius 3 is 2.45 bits per heavy atom. The van der Waals surface area contributed by atoms with E-state index in [2.05, 4.69) is 21.0 Å². The van der Waals surface area contributed by atoms with E-state index in [1.807, 2.05) is 25.1 Å². The second-order valence-corrected chi connectivity index (χ2v) is 6.23. The lowest BCUT2D eigenvalue weighted by molar-refractivity contribution is -0.0765. The summed E-state index contributed by atoms with van der Waals surface area (Å²) in [4.78, 5) is 12.7. The highest BCUT2D eigenvalue weighted by molar-refractivity contribution is 9.10. The smallest absolute Gasteiger partial charge is 0.276 e. The zero-order valence-corrected chi connectivity index (χ0v) is 13.6. The monoisotopic (exact) mass is 358 g/mol. The Hall–Kier alpha value is -1.98. The summed E-state index contributed by atoms with van der Waals surface area (Å²) in [6.45, 7) is 1.81. The van der Waals surface area contributed by atoms with Gasteiger partial charge in [-0.15, -0.1) is 0 Å². The second-order valence-electron chi connectivity index (χ2n) is 5.32. The van der Waals surface area contributed by atoms with E-state index in [-0.39, 0.29) is 5.91 Å². The van der Waals surface area contributed by atoms with Crippen LogP contribution in [0.4, 0.5) is 0 Å². The Morgan fingerprint density at radius 1 is 1.18 bits per heavy atom. The van der Waals surface area contributed by atoms with E-state index >= 15 is 0 Å². The summed E-state index contributed by atoms with van der Waals surface area (Å²) in [5, 5.41) is 16.5. The predicted octanol–water partition coefficient (Wildman–Crippen LogP) is 3.52. The fourth-order valence-corrected chi connectivity index (χ4v) is 2.84. The molecule has 2 aromatic carbocycles. The van der Waals surface area contributed by atoms with E-state index in [9.17, 15) is 9.90 Å². The highest BCUT2D eigenvalue weighted by Crippen LogP contribution is 2.36. The standard InChI is InChI=1S/C17H15BrN2O2/c1-12-11-17(22,14-5-3-2-4-6-14)20(19-12)16(21)13-7-9-15(18)10-8-13/h2-10,22H,11H2,1H3/t17-/m0/s1. The van der Waals surface area contributed by atoms with E-state index < -0.39 is 5.72 Å². The minimum absolute atomic E-state index is 0.305. The number of carbonyl (C=O) groups excluding carboxylic acids is 1. The number of hydrogen-bond acceptors (Lipinski definition) is 3. The number of hydrazone groups is 1. The van der Waals surface area contributed by atoms with Crippen LogP contribution >= 0.6 is 15.9 Å². The van der Waals surface area contributed by atoms with Crippen molar-refractivity contribution in [2.45, 2.75) is 19.1 Å². The third kappa shape index (κ3) is 2.58. The summed E-state index contributed by atoms with van der Waals surface area (Å²) in [6.07, 6.45) is 0.305. The van der Waals surface area contributed by atoms with Crippen LogP contribution < -0.4 is 0 Å². The van der Waals surface area contributed by atoms with Crippen molar-refractivity contribution in [2.75, 3.05) is 0 Å². The minimum Gasteiger partial charge on any atom is -0.365 e. The first-order chi connectivity index (χ1) is 10.5. The summed E-state index contributed by atoms with van der Waals surface area (Å²) in [6, 6.07) is 16.2. The molecule has 5 heteroatoms. The maximum atomic E-state index is 12.7. The van der Waals surface area contributed by atoms with Crippen molar-refractivity contribution in [1.82, 2.24) is 5.01 Å². The molecule has 1 amide bonds. The van der Waals surface area contributed by atoms with Gasteiger partial charge < -0.3 is 5.11 Å². The molecule has 0 bridgehead atoms. The molecule has 22 heavy (non-hydrogen) atoms. The minimum atomic E-state index is -1.44. The van der Waals surface area contributed by atoms with Crippen LogP contribution in [0.1, 0.15) is 29.3 Å². The molecular formula is C17H15BrN2O2. The lowest BCUT2D eigenvalue weighted by atomic mass is 9.97.